The van der Waals surface area contributed by atoms with E-state index in [1.54, 1.807) is 68.5 Å². The van der Waals surface area contributed by atoms with Crippen molar-refractivity contribution in [2.24, 2.45) is 5.92 Å². The molecule has 1 aliphatic heterocycles. The molecule has 2 bridgehead atoms. The summed E-state index contributed by atoms with van der Waals surface area (Å²) < 4.78 is 0.564. The summed E-state index contributed by atoms with van der Waals surface area (Å²) in [5.41, 5.74) is 19.7. The Morgan fingerprint density at radius 1 is 0.812 bits per heavy atom. The fraction of sp³-hybridized carbons (Fsp3) is 0.364. The maximum absolute atomic E-state index is 2.69. The molecule has 48 heavy (non-hydrogen) atoms. The van der Waals surface area contributed by atoms with Gasteiger partial charge in [-0.2, -0.15) is 0 Å². The average Bonchev–Trinajstić information content (AvgIpc) is 3.60. The van der Waals surface area contributed by atoms with Crippen LogP contribution in [0.5, 0.6) is 0 Å². The van der Waals surface area contributed by atoms with Crippen LogP contribution >= 0.6 is 0 Å². The number of hydrogen-bond acceptors (Lipinski definition) is 0. The number of aryl methyl sites for hydroxylation is 1. The molecule has 2 aliphatic carbocycles. The van der Waals surface area contributed by atoms with Crippen molar-refractivity contribution in [3.63, 3.8) is 0 Å². The third-order valence-corrected chi connectivity index (χ3v) is 16.7. The van der Waals surface area contributed by atoms with Crippen LogP contribution in [0.2, 0.25) is 13.1 Å². The van der Waals surface area contributed by atoms with Gasteiger partial charge < -0.3 is 24.8 Å². The minimum atomic E-state index is -1.95. The smallest absolute Gasteiger partial charge is 1.00 e. The molecular formula is C44H49Cl2SiZr. The number of unbranched alkanes of at least 4 members (excludes halogenated alkanes) is 1. The molecule has 4 aromatic rings. The van der Waals surface area contributed by atoms with Crippen LogP contribution in [0.4, 0.5) is 0 Å². The molecule has 0 aromatic heterocycles. The normalized spacial score (nSPS) is 18.5. The van der Waals surface area contributed by atoms with E-state index in [0.29, 0.717) is 15.5 Å². The van der Waals surface area contributed by atoms with Gasteiger partial charge in [0.2, 0.25) is 0 Å². The van der Waals surface area contributed by atoms with Gasteiger partial charge in [-0.05, 0) is 12.8 Å². The molecule has 247 valence electrons. The van der Waals surface area contributed by atoms with E-state index in [4.69, 9.17) is 0 Å². The van der Waals surface area contributed by atoms with Gasteiger partial charge in [0, 0.05) is 0 Å². The molecule has 0 amide bonds. The van der Waals surface area contributed by atoms with Crippen molar-refractivity contribution in [1.82, 2.24) is 0 Å². The van der Waals surface area contributed by atoms with Gasteiger partial charge in [0.25, 0.3) is 0 Å². The second kappa shape index (κ2) is 13.6. The van der Waals surface area contributed by atoms with Crippen LogP contribution in [0, 0.1) is 5.92 Å². The number of hydrogen-bond donors (Lipinski definition) is 0. The number of rotatable bonds is 7. The molecule has 0 nitrogen and oxygen atoms in total. The number of benzene rings is 4. The van der Waals surface area contributed by atoms with Crippen molar-refractivity contribution in [1.29, 1.82) is 0 Å². The molecule has 4 aromatic carbocycles. The van der Waals surface area contributed by atoms with Crippen LogP contribution in [0.15, 0.2) is 83.9 Å². The summed E-state index contributed by atoms with van der Waals surface area (Å²) in [4.78, 5) is 0. The first-order chi connectivity index (χ1) is 21.8. The Kier molecular flexibility index (Phi) is 10.6. The number of halogens is 2. The summed E-state index contributed by atoms with van der Waals surface area (Å²) in [6.45, 7) is 21.8. The van der Waals surface area contributed by atoms with E-state index in [0.717, 1.165) is 0 Å². The van der Waals surface area contributed by atoms with E-state index in [-0.39, 0.29) is 30.2 Å². The Labute approximate surface area is 318 Å². The summed E-state index contributed by atoms with van der Waals surface area (Å²) in [6, 6.07) is 28.9. The molecule has 0 fully saturated rings. The standard InChI is InChI=1S/C44H49Si.2ClH.Zr/c1-10-11-13-29-16-18-30(19-17-29)34-14-12-15-35-37(34)26-36(27(2)3)41(35)38-25-32-24-28(4)42-40(32)39(43(38)45(42,8)9)31-20-22-33(23-21-31)44(5,6)7;;;/h12,14-27,41H,10-11,13H2,1-9H3;2*1H;/q;;;+2/p-2. The van der Waals surface area contributed by atoms with E-state index in [1.165, 1.54) is 58.2 Å². The summed E-state index contributed by atoms with van der Waals surface area (Å²) in [6.07, 6.45) is 6.24. The van der Waals surface area contributed by atoms with Crippen molar-refractivity contribution in [3.8, 4) is 22.3 Å². The molecule has 1 heterocycles. The van der Waals surface area contributed by atoms with Crippen molar-refractivity contribution >= 4 is 24.5 Å². The molecule has 0 saturated carbocycles. The predicted molar refractivity (Wildman–Crippen MR) is 198 cm³/mol. The van der Waals surface area contributed by atoms with Gasteiger partial charge >= 0.3 is 270 Å². The molecule has 7 rings (SSSR count). The molecule has 0 N–H and O–H groups in total. The third-order valence-electron chi connectivity index (χ3n) is 11.2. The Bertz CT molecular complexity index is 1920. The Morgan fingerprint density at radius 3 is 2.06 bits per heavy atom. The van der Waals surface area contributed by atoms with Crippen molar-refractivity contribution in [2.45, 2.75) is 95.8 Å². The molecule has 2 unspecified atom stereocenters. The third kappa shape index (κ3) is 5.86. The molecule has 0 saturated heterocycles. The fourth-order valence-corrected chi connectivity index (χ4v) is 14.2. The van der Waals surface area contributed by atoms with Gasteiger partial charge in [0.05, 0.1) is 0 Å². The van der Waals surface area contributed by atoms with E-state index < -0.39 is 8.07 Å². The summed E-state index contributed by atoms with van der Waals surface area (Å²) >= 11 is 1.62. The van der Waals surface area contributed by atoms with Crippen LogP contribution < -0.4 is 30.0 Å². The Balaban J connectivity index is 0.00000225. The first-order valence-corrected chi connectivity index (χ1v) is 21.9. The van der Waals surface area contributed by atoms with E-state index >= 15 is 0 Å². The Morgan fingerprint density at radius 2 is 1.46 bits per heavy atom. The Hall–Kier alpha value is -1.96. The zero-order valence-corrected chi connectivity index (χ0v) is 35.1. The summed E-state index contributed by atoms with van der Waals surface area (Å²) in [7, 11) is -1.95. The fourth-order valence-electron chi connectivity index (χ4n) is 8.81. The van der Waals surface area contributed by atoms with E-state index in [1.807, 2.05) is 0 Å². The van der Waals surface area contributed by atoms with Gasteiger partial charge in [-0.1, -0.05) is 13.3 Å². The summed E-state index contributed by atoms with van der Waals surface area (Å²) in [5.74, 6) is 0.780. The van der Waals surface area contributed by atoms with Crippen LogP contribution in [-0.2, 0) is 36.6 Å². The topological polar surface area (TPSA) is 0 Å². The number of allylic oxidation sites excluding steroid dienone is 2. The monoisotopic (exact) mass is 765 g/mol. The molecule has 4 heteroatoms. The van der Waals surface area contributed by atoms with E-state index in [9.17, 15) is 0 Å². The SMILES string of the molecule is CCCCc1ccc(-c2cccc3c2C=C(C(C)C)C3c2cc3c4c(-c5ccc(C(C)(C)C)cc5)c2[Si](C)(C)C4=C(C)[CH]3[Zr+2])cc1.[Cl-].[Cl-]. The first-order valence-electron chi connectivity index (χ1n) is 17.5. The van der Waals surface area contributed by atoms with Crippen molar-refractivity contribution < 1.29 is 49.5 Å². The average molecular weight is 768 g/mol. The molecular weight excluding hydrogens is 719 g/mol. The quantitative estimate of drug-likeness (QED) is 0.212. The zero-order valence-electron chi connectivity index (χ0n) is 30.1. The largest absolute Gasteiger partial charge is 1.00 e. The maximum atomic E-state index is 2.69. The number of fused-ring (bicyclic) bond motifs is 2. The van der Waals surface area contributed by atoms with Gasteiger partial charge in [0.1, 0.15) is 0 Å². The van der Waals surface area contributed by atoms with Crippen LogP contribution in [-0.4, -0.2) is 8.07 Å². The summed E-state index contributed by atoms with van der Waals surface area (Å²) in [5, 5.41) is 3.44. The second-order valence-electron chi connectivity index (χ2n) is 16.0. The van der Waals surface area contributed by atoms with Gasteiger partial charge in [0.15, 0.2) is 0 Å². The van der Waals surface area contributed by atoms with Crippen LogP contribution in [0.3, 0.4) is 0 Å². The van der Waals surface area contributed by atoms with Crippen LogP contribution in [0.1, 0.15) is 110 Å². The van der Waals surface area contributed by atoms with E-state index in [2.05, 4.69) is 140 Å². The molecule has 2 atom stereocenters. The second-order valence-corrected chi connectivity index (χ2v) is 21.6. The van der Waals surface area contributed by atoms with Crippen LogP contribution in [0.25, 0.3) is 33.5 Å². The first kappa shape index (κ1) is 37.3. The van der Waals surface area contributed by atoms with Gasteiger partial charge in [-0.25, -0.2) is 0 Å². The van der Waals surface area contributed by atoms with Gasteiger partial charge in [-0.3, -0.25) is 0 Å². The maximum Gasteiger partial charge on any atom is -1.00 e. The van der Waals surface area contributed by atoms with Crippen molar-refractivity contribution in [2.75, 3.05) is 0 Å². The van der Waals surface area contributed by atoms with Crippen molar-refractivity contribution in [3.05, 3.63) is 123 Å². The minimum Gasteiger partial charge on any atom is -1.00 e. The molecule has 3 aliphatic rings. The molecule has 0 radical (unpaired) electrons. The minimum absolute atomic E-state index is 0. The zero-order chi connectivity index (χ0) is 32.7. The molecule has 0 spiro atoms. The predicted octanol–water partition coefficient (Wildman–Crippen LogP) is 5.70. The van der Waals surface area contributed by atoms with Gasteiger partial charge in [-0.15, -0.1) is 0 Å².